The molecule has 1 rings (SSSR count). The molecule has 0 spiro atoms. The topological polar surface area (TPSA) is 64.8 Å². The summed E-state index contributed by atoms with van der Waals surface area (Å²) in [6.07, 6.45) is 4.01. The van der Waals surface area contributed by atoms with E-state index in [9.17, 15) is 4.79 Å². The van der Waals surface area contributed by atoms with Crippen LogP contribution in [0.25, 0.3) is 0 Å². The summed E-state index contributed by atoms with van der Waals surface area (Å²) in [6, 6.07) is 0. The number of thiocarbonyl (C=S) groups is 1. The first-order chi connectivity index (χ1) is 8.59. The van der Waals surface area contributed by atoms with Gasteiger partial charge in [0.1, 0.15) is 6.61 Å². The quantitative estimate of drug-likeness (QED) is 0.693. The van der Waals surface area contributed by atoms with Gasteiger partial charge in [0.05, 0.1) is 17.7 Å². The Morgan fingerprint density at radius 2 is 2.33 bits per heavy atom. The van der Waals surface area contributed by atoms with E-state index in [2.05, 4.69) is 0 Å². The largest absolute Gasteiger partial charge is 0.393 e. The molecule has 0 aromatic rings. The smallest absolute Gasteiger partial charge is 0.248 e. The van der Waals surface area contributed by atoms with E-state index in [-0.39, 0.29) is 18.6 Å². The van der Waals surface area contributed by atoms with Crippen molar-refractivity contribution in [2.75, 3.05) is 33.4 Å². The Morgan fingerprint density at radius 3 is 2.94 bits per heavy atom. The van der Waals surface area contributed by atoms with E-state index in [1.165, 1.54) is 6.42 Å². The van der Waals surface area contributed by atoms with Crippen LogP contribution in [0.5, 0.6) is 0 Å². The van der Waals surface area contributed by atoms with E-state index in [0.717, 1.165) is 19.4 Å². The first-order valence-corrected chi connectivity index (χ1v) is 6.72. The number of nitrogens with two attached hydrogens (primary N) is 1. The first kappa shape index (κ1) is 15.3. The molecular weight excluding hydrogens is 252 g/mol. The van der Waals surface area contributed by atoms with Gasteiger partial charge in [-0.25, -0.2) is 0 Å². The molecule has 0 aromatic carbocycles. The van der Waals surface area contributed by atoms with Crippen LogP contribution in [0.4, 0.5) is 0 Å². The molecule has 1 aliphatic rings. The van der Waals surface area contributed by atoms with E-state index < -0.39 is 0 Å². The second-order valence-electron chi connectivity index (χ2n) is 4.54. The van der Waals surface area contributed by atoms with Crippen molar-refractivity contribution < 1.29 is 14.3 Å². The molecule has 1 saturated heterocycles. The predicted octanol–water partition coefficient (Wildman–Crippen LogP) is 0.707. The number of rotatable bonds is 7. The van der Waals surface area contributed by atoms with Gasteiger partial charge in [-0.15, -0.1) is 0 Å². The summed E-state index contributed by atoms with van der Waals surface area (Å²) in [7, 11) is 1.72. The summed E-state index contributed by atoms with van der Waals surface area (Å²) in [4.78, 5) is 13.7. The summed E-state index contributed by atoms with van der Waals surface area (Å²) in [5.41, 5.74) is 5.38. The fraction of sp³-hybridized carbons (Fsp3) is 0.833. The average molecular weight is 274 g/mol. The van der Waals surface area contributed by atoms with Gasteiger partial charge in [-0.2, -0.15) is 0 Å². The van der Waals surface area contributed by atoms with Crippen LogP contribution in [0.15, 0.2) is 0 Å². The van der Waals surface area contributed by atoms with Gasteiger partial charge >= 0.3 is 0 Å². The average Bonchev–Trinajstić information content (AvgIpc) is 2.37. The molecule has 104 valence electrons. The zero-order chi connectivity index (χ0) is 13.4. The Bertz CT molecular complexity index is 280. The van der Waals surface area contributed by atoms with Crippen LogP contribution in [-0.2, 0) is 14.3 Å². The van der Waals surface area contributed by atoms with Crippen molar-refractivity contribution in [3.8, 4) is 0 Å². The minimum atomic E-state index is -0.0536. The zero-order valence-electron chi connectivity index (χ0n) is 10.9. The van der Waals surface area contributed by atoms with E-state index in [1.54, 1.807) is 11.9 Å². The minimum absolute atomic E-state index is 0.0536. The SMILES string of the molecule is CN(CCC(N)=S)C(=O)COCC1CCCCO1. The molecule has 1 heterocycles. The Kier molecular flexibility index (Phi) is 7.15. The number of ether oxygens (including phenoxy) is 2. The van der Waals surface area contributed by atoms with E-state index in [1.807, 2.05) is 0 Å². The van der Waals surface area contributed by atoms with Gasteiger partial charge in [0.25, 0.3) is 0 Å². The summed E-state index contributed by atoms with van der Waals surface area (Å²) >= 11 is 4.77. The summed E-state index contributed by atoms with van der Waals surface area (Å²) < 4.78 is 10.9. The number of carbonyl (C=O) groups is 1. The van der Waals surface area contributed by atoms with Crippen molar-refractivity contribution in [2.45, 2.75) is 31.8 Å². The van der Waals surface area contributed by atoms with Gasteiger partial charge < -0.3 is 20.1 Å². The zero-order valence-corrected chi connectivity index (χ0v) is 11.7. The molecule has 1 atom stereocenters. The predicted molar refractivity (Wildman–Crippen MR) is 73.4 cm³/mol. The molecule has 5 nitrogen and oxygen atoms in total. The van der Waals surface area contributed by atoms with Crippen LogP contribution in [0.1, 0.15) is 25.7 Å². The van der Waals surface area contributed by atoms with E-state index in [0.29, 0.717) is 24.6 Å². The van der Waals surface area contributed by atoms with Gasteiger partial charge in [0.2, 0.25) is 5.91 Å². The number of likely N-dealkylation sites (N-methyl/N-ethyl adjacent to an activating group) is 1. The second-order valence-corrected chi connectivity index (χ2v) is 5.06. The van der Waals surface area contributed by atoms with Crippen LogP contribution in [-0.4, -0.2) is 55.3 Å². The molecule has 1 fully saturated rings. The van der Waals surface area contributed by atoms with Gasteiger partial charge in [0.15, 0.2) is 0 Å². The minimum Gasteiger partial charge on any atom is -0.393 e. The van der Waals surface area contributed by atoms with Crippen molar-refractivity contribution >= 4 is 23.1 Å². The summed E-state index contributed by atoms with van der Waals surface area (Å²) in [6.45, 7) is 1.93. The maximum absolute atomic E-state index is 11.7. The number of hydrogen-bond donors (Lipinski definition) is 1. The lowest BCUT2D eigenvalue weighted by Gasteiger charge is -2.23. The van der Waals surface area contributed by atoms with Crippen molar-refractivity contribution in [1.29, 1.82) is 0 Å². The molecular formula is C12H22N2O3S. The van der Waals surface area contributed by atoms with Crippen molar-refractivity contribution in [3.05, 3.63) is 0 Å². The van der Waals surface area contributed by atoms with Crippen molar-refractivity contribution in [3.63, 3.8) is 0 Å². The molecule has 0 saturated carbocycles. The third-order valence-corrected chi connectivity index (χ3v) is 3.13. The molecule has 18 heavy (non-hydrogen) atoms. The molecule has 2 N–H and O–H groups in total. The van der Waals surface area contributed by atoms with Crippen LogP contribution >= 0.6 is 12.2 Å². The third kappa shape index (κ3) is 6.28. The monoisotopic (exact) mass is 274 g/mol. The fourth-order valence-electron chi connectivity index (χ4n) is 1.73. The van der Waals surface area contributed by atoms with E-state index in [4.69, 9.17) is 27.4 Å². The lowest BCUT2D eigenvalue weighted by Crippen LogP contribution is -2.34. The maximum Gasteiger partial charge on any atom is 0.248 e. The van der Waals surface area contributed by atoms with Gasteiger partial charge in [-0.3, -0.25) is 4.79 Å². The lowest BCUT2D eigenvalue weighted by molar-refractivity contribution is -0.136. The first-order valence-electron chi connectivity index (χ1n) is 6.31. The lowest BCUT2D eigenvalue weighted by atomic mass is 10.1. The van der Waals surface area contributed by atoms with E-state index >= 15 is 0 Å². The third-order valence-electron chi connectivity index (χ3n) is 2.92. The van der Waals surface area contributed by atoms with Gasteiger partial charge in [0, 0.05) is 26.6 Å². The Hall–Kier alpha value is -0.720. The van der Waals surface area contributed by atoms with Crippen LogP contribution in [0, 0.1) is 0 Å². The Balaban J connectivity index is 2.09. The Morgan fingerprint density at radius 1 is 1.56 bits per heavy atom. The number of hydrogen-bond acceptors (Lipinski definition) is 4. The molecule has 1 amide bonds. The highest BCUT2D eigenvalue weighted by molar-refractivity contribution is 7.80. The van der Waals surface area contributed by atoms with Crippen LogP contribution in [0.2, 0.25) is 0 Å². The molecule has 0 bridgehead atoms. The Labute approximate surface area is 114 Å². The van der Waals surface area contributed by atoms with Gasteiger partial charge in [-0.1, -0.05) is 12.2 Å². The standard InChI is InChI=1S/C12H22N2O3S/c1-14(6-5-11(13)18)12(15)9-16-8-10-4-2-3-7-17-10/h10H,2-9H2,1H3,(H2,13,18). The number of amides is 1. The molecule has 1 unspecified atom stereocenters. The van der Waals surface area contributed by atoms with Gasteiger partial charge in [-0.05, 0) is 19.3 Å². The highest BCUT2D eigenvalue weighted by Crippen LogP contribution is 2.12. The summed E-state index contributed by atoms with van der Waals surface area (Å²) in [5.74, 6) is -0.0536. The molecule has 6 heteroatoms. The summed E-state index contributed by atoms with van der Waals surface area (Å²) in [5, 5.41) is 0. The normalized spacial score (nSPS) is 19.5. The fourth-order valence-corrected chi connectivity index (χ4v) is 1.82. The second kappa shape index (κ2) is 8.39. The highest BCUT2D eigenvalue weighted by atomic mass is 32.1. The van der Waals surface area contributed by atoms with Crippen LogP contribution in [0.3, 0.4) is 0 Å². The molecule has 0 aliphatic carbocycles. The molecule has 0 radical (unpaired) electrons. The number of nitrogens with zero attached hydrogens (tertiary/aromatic N) is 1. The molecule has 0 aromatic heterocycles. The van der Waals surface area contributed by atoms with Crippen LogP contribution < -0.4 is 5.73 Å². The maximum atomic E-state index is 11.7. The highest BCUT2D eigenvalue weighted by Gasteiger charge is 2.15. The van der Waals surface area contributed by atoms with Crippen molar-refractivity contribution in [2.24, 2.45) is 5.73 Å². The molecule has 1 aliphatic heterocycles. The van der Waals surface area contributed by atoms with Crippen molar-refractivity contribution in [1.82, 2.24) is 4.90 Å². The number of carbonyl (C=O) groups excluding carboxylic acids is 1.